The van der Waals surface area contributed by atoms with Crippen LogP contribution in [0.2, 0.25) is 0 Å². The van der Waals surface area contributed by atoms with Crippen LogP contribution < -0.4 is 15.8 Å². The highest BCUT2D eigenvalue weighted by Gasteiger charge is 2.24. The van der Waals surface area contributed by atoms with Gasteiger partial charge in [-0.3, -0.25) is 9.59 Å². The van der Waals surface area contributed by atoms with Crippen molar-refractivity contribution >= 4 is 44.0 Å². The molecule has 3 N–H and O–H groups in total. The topological polar surface area (TPSA) is 81.4 Å². The Bertz CT molecular complexity index is 1880. The minimum atomic E-state index is -0.787. The molecule has 0 aliphatic rings. The van der Waals surface area contributed by atoms with Crippen LogP contribution in [0.3, 0.4) is 0 Å². The van der Waals surface area contributed by atoms with Crippen LogP contribution >= 0.6 is 0 Å². The molecule has 6 rings (SSSR count). The number of hydrogen-bond donors (Lipinski definition) is 2. The highest BCUT2D eigenvalue weighted by molar-refractivity contribution is 6.23. The van der Waals surface area contributed by atoms with Crippen molar-refractivity contribution < 1.29 is 14.3 Å². The summed E-state index contributed by atoms with van der Waals surface area (Å²) in [6, 6.07) is 35.4. The Labute approximate surface area is 264 Å². The molecule has 2 atom stereocenters. The SMILES string of the molecule is CC(C)(C)Oc1ccc(C[C@H](N)C(=O)N[C@@H](Cc2ccccc2)C(=O)CCc2cc3ccc4cccc5ccc(c2)c3c45)cc1. The molecule has 0 aliphatic heterocycles. The molecule has 0 spiro atoms. The molecule has 6 aromatic rings. The zero-order valence-electron chi connectivity index (χ0n) is 26.2. The number of rotatable bonds is 11. The quantitative estimate of drug-likeness (QED) is 0.151. The average molecular weight is 597 g/mol. The molecule has 45 heavy (non-hydrogen) atoms. The zero-order valence-corrected chi connectivity index (χ0v) is 26.2. The molecule has 1 amide bonds. The van der Waals surface area contributed by atoms with Crippen LogP contribution in [-0.4, -0.2) is 29.4 Å². The smallest absolute Gasteiger partial charge is 0.237 e. The second kappa shape index (κ2) is 12.7. The summed E-state index contributed by atoms with van der Waals surface area (Å²) in [5.41, 5.74) is 9.09. The fraction of sp³-hybridized carbons (Fsp3) is 0.250. The summed E-state index contributed by atoms with van der Waals surface area (Å²) in [6.45, 7) is 6.00. The molecule has 5 heteroatoms. The second-order valence-corrected chi connectivity index (χ2v) is 13.0. The first-order chi connectivity index (χ1) is 21.6. The summed E-state index contributed by atoms with van der Waals surface area (Å²) in [7, 11) is 0. The summed E-state index contributed by atoms with van der Waals surface area (Å²) in [5.74, 6) is 0.429. The lowest BCUT2D eigenvalue weighted by molar-refractivity contribution is -0.128. The van der Waals surface area contributed by atoms with E-state index in [9.17, 15) is 9.59 Å². The minimum Gasteiger partial charge on any atom is -0.488 e. The van der Waals surface area contributed by atoms with Gasteiger partial charge < -0.3 is 15.8 Å². The maximum Gasteiger partial charge on any atom is 0.237 e. The van der Waals surface area contributed by atoms with Crippen molar-refractivity contribution in [3.63, 3.8) is 0 Å². The number of carbonyl (C=O) groups is 2. The molecule has 0 bridgehead atoms. The van der Waals surface area contributed by atoms with E-state index in [2.05, 4.69) is 59.9 Å². The molecule has 0 aliphatic carbocycles. The minimum absolute atomic E-state index is 0.00633. The maximum atomic E-state index is 13.7. The van der Waals surface area contributed by atoms with Crippen LogP contribution in [0.4, 0.5) is 0 Å². The number of ketones is 1. The molecule has 0 radical (unpaired) electrons. The zero-order chi connectivity index (χ0) is 31.6. The largest absolute Gasteiger partial charge is 0.488 e. The monoisotopic (exact) mass is 596 g/mol. The van der Waals surface area contributed by atoms with Gasteiger partial charge >= 0.3 is 0 Å². The Kier molecular flexibility index (Phi) is 8.55. The number of ether oxygens (including phenoxy) is 1. The van der Waals surface area contributed by atoms with Gasteiger partial charge in [0.05, 0.1) is 12.1 Å². The van der Waals surface area contributed by atoms with E-state index < -0.39 is 12.1 Å². The lowest BCUT2D eigenvalue weighted by atomic mass is 9.91. The van der Waals surface area contributed by atoms with E-state index in [1.165, 1.54) is 32.3 Å². The van der Waals surface area contributed by atoms with Crippen LogP contribution in [0, 0.1) is 0 Å². The number of nitrogens with one attached hydrogen (secondary N) is 1. The van der Waals surface area contributed by atoms with E-state index in [0.717, 1.165) is 22.4 Å². The van der Waals surface area contributed by atoms with Gasteiger partial charge in [-0.15, -0.1) is 0 Å². The summed E-state index contributed by atoms with van der Waals surface area (Å²) in [5, 5.41) is 10.4. The van der Waals surface area contributed by atoms with Gasteiger partial charge in [-0.25, -0.2) is 0 Å². The van der Waals surface area contributed by atoms with Gasteiger partial charge in [-0.05, 0) is 101 Å². The van der Waals surface area contributed by atoms with E-state index in [4.69, 9.17) is 10.5 Å². The summed E-state index contributed by atoms with van der Waals surface area (Å²) >= 11 is 0. The molecule has 5 nitrogen and oxygen atoms in total. The van der Waals surface area contributed by atoms with Crippen LogP contribution in [-0.2, 0) is 28.9 Å². The van der Waals surface area contributed by atoms with E-state index in [-0.39, 0.29) is 17.3 Å². The van der Waals surface area contributed by atoms with Gasteiger partial charge in [-0.1, -0.05) is 97.1 Å². The van der Waals surface area contributed by atoms with Gasteiger partial charge in [0.1, 0.15) is 11.4 Å². The highest BCUT2D eigenvalue weighted by atomic mass is 16.5. The van der Waals surface area contributed by atoms with E-state index in [1.54, 1.807) is 0 Å². The molecule has 0 saturated heterocycles. The molecule has 0 fully saturated rings. The van der Waals surface area contributed by atoms with Crippen molar-refractivity contribution in [1.82, 2.24) is 5.32 Å². The van der Waals surface area contributed by atoms with Crippen molar-refractivity contribution in [3.05, 3.63) is 126 Å². The van der Waals surface area contributed by atoms with E-state index in [1.807, 2.05) is 75.4 Å². The number of nitrogens with two attached hydrogens (primary N) is 1. The maximum absolute atomic E-state index is 13.7. The van der Waals surface area contributed by atoms with Gasteiger partial charge in [0.15, 0.2) is 5.78 Å². The fourth-order valence-corrected chi connectivity index (χ4v) is 6.17. The van der Waals surface area contributed by atoms with Crippen molar-refractivity contribution in [2.75, 3.05) is 0 Å². The Morgan fingerprint density at radius 1 is 0.689 bits per heavy atom. The molecular formula is C40H40N2O3. The standard InChI is InChI=1S/C40H40N2O3/c1-40(2,3)45-33-19-12-27(13-20-33)24-34(41)39(44)42-35(25-26-8-5-4-6-9-26)36(43)21-14-28-22-31-17-15-29-10-7-11-30-16-18-32(23-28)38(31)37(29)30/h4-13,15-20,22-23,34-35H,14,21,24-25,41H2,1-3H3,(H,42,44)/t34-,35-/m0/s1. The van der Waals surface area contributed by atoms with Gasteiger partial charge in [0.2, 0.25) is 5.91 Å². The Hall–Kier alpha value is -4.74. The summed E-state index contributed by atoms with van der Waals surface area (Å²) in [6.07, 6.45) is 1.68. The lowest BCUT2D eigenvalue weighted by Crippen LogP contribution is -2.50. The molecule has 0 unspecified atom stereocenters. The van der Waals surface area contributed by atoms with Crippen LogP contribution in [0.5, 0.6) is 5.75 Å². The fourth-order valence-electron chi connectivity index (χ4n) is 6.17. The van der Waals surface area contributed by atoms with Gasteiger partial charge in [-0.2, -0.15) is 0 Å². The Morgan fingerprint density at radius 3 is 1.89 bits per heavy atom. The second-order valence-electron chi connectivity index (χ2n) is 13.0. The number of amides is 1. The molecule has 0 saturated carbocycles. The third-order valence-electron chi connectivity index (χ3n) is 8.31. The molecule has 0 heterocycles. The third kappa shape index (κ3) is 7.16. The molecule has 6 aromatic carbocycles. The summed E-state index contributed by atoms with van der Waals surface area (Å²) < 4.78 is 5.90. The van der Waals surface area contributed by atoms with Gasteiger partial charge in [0, 0.05) is 6.42 Å². The predicted octanol–water partition coefficient (Wildman–Crippen LogP) is 7.56. The van der Waals surface area contributed by atoms with Crippen LogP contribution in [0.15, 0.2) is 109 Å². The van der Waals surface area contributed by atoms with Gasteiger partial charge in [0.25, 0.3) is 0 Å². The summed E-state index contributed by atoms with van der Waals surface area (Å²) in [4.78, 5) is 27.0. The van der Waals surface area contributed by atoms with Crippen LogP contribution in [0.25, 0.3) is 32.3 Å². The van der Waals surface area contributed by atoms with Crippen molar-refractivity contribution in [2.24, 2.45) is 5.73 Å². The average Bonchev–Trinajstić information content (AvgIpc) is 3.02. The molecular weight excluding hydrogens is 556 g/mol. The third-order valence-corrected chi connectivity index (χ3v) is 8.31. The number of aryl methyl sites for hydroxylation is 1. The van der Waals surface area contributed by atoms with E-state index >= 15 is 0 Å². The van der Waals surface area contributed by atoms with Crippen molar-refractivity contribution in [2.45, 2.75) is 64.1 Å². The number of hydrogen-bond acceptors (Lipinski definition) is 4. The first-order valence-corrected chi connectivity index (χ1v) is 15.7. The lowest BCUT2D eigenvalue weighted by Gasteiger charge is -2.22. The Morgan fingerprint density at radius 2 is 1.27 bits per heavy atom. The first kappa shape index (κ1) is 30.3. The van der Waals surface area contributed by atoms with Crippen LogP contribution in [0.1, 0.15) is 43.9 Å². The first-order valence-electron chi connectivity index (χ1n) is 15.7. The highest BCUT2D eigenvalue weighted by Crippen LogP contribution is 2.35. The Balaban J connectivity index is 1.15. The normalized spacial score (nSPS) is 13.2. The van der Waals surface area contributed by atoms with E-state index in [0.29, 0.717) is 25.7 Å². The van der Waals surface area contributed by atoms with Crippen molar-refractivity contribution in [3.8, 4) is 5.75 Å². The number of Topliss-reactive ketones (excluding diaryl/α,β-unsaturated/α-hetero) is 1. The molecule has 228 valence electrons. The predicted molar refractivity (Wildman–Crippen MR) is 184 cm³/mol. The molecule has 0 aromatic heterocycles. The van der Waals surface area contributed by atoms with Crippen molar-refractivity contribution in [1.29, 1.82) is 0 Å². The number of benzene rings is 6. The number of carbonyl (C=O) groups excluding carboxylic acids is 2.